The van der Waals surface area contributed by atoms with E-state index in [2.05, 4.69) is 4.98 Å². The van der Waals surface area contributed by atoms with Crippen molar-refractivity contribution in [1.82, 2.24) is 9.88 Å². The zero-order valence-electron chi connectivity index (χ0n) is 18.6. The molecule has 0 aliphatic carbocycles. The lowest BCUT2D eigenvalue weighted by molar-refractivity contribution is -0.303. The molecule has 0 radical (unpaired) electrons. The van der Waals surface area contributed by atoms with Crippen LogP contribution in [-0.4, -0.2) is 46.7 Å². The van der Waals surface area contributed by atoms with E-state index in [0.29, 0.717) is 43.5 Å². The standard InChI is InChI=1S/C25H27N3O5/c1-18(15-23(29)21-7-4-19(16-26)5-8-21)25(31)28-13-10-22(11-14-28)32-33-24(30)9-6-20-3-2-12-27-17-20/h2-5,7-8,12,17-18,22H,6,9-11,13-15H2,1H3. The number of Topliss-reactive ketones (excluding diaryl/α,β-unsaturated/α-hetero) is 1. The van der Waals surface area contributed by atoms with Gasteiger partial charge in [-0.05, 0) is 43.0 Å². The third-order valence-electron chi connectivity index (χ3n) is 5.62. The number of rotatable bonds is 9. The molecule has 2 aromatic rings. The van der Waals surface area contributed by atoms with Gasteiger partial charge < -0.3 is 4.90 Å². The maximum absolute atomic E-state index is 12.8. The fourth-order valence-corrected chi connectivity index (χ4v) is 3.65. The molecule has 0 spiro atoms. The Hall–Kier alpha value is -3.57. The van der Waals surface area contributed by atoms with Crippen LogP contribution in [0.5, 0.6) is 0 Å². The van der Waals surface area contributed by atoms with Gasteiger partial charge in [0.05, 0.1) is 18.1 Å². The van der Waals surface area contributed by atoms with Gasteiger partial charge in [0, 0.05) is 43.4 Å². The van der Waals surface area contributed by atoms with Crippen LogP contribution in [0.1, 0.15) is 54.1 Å². The SMILES string of the molecule is CC(CC(=O)c1ccc(C#N)cc1)C(=O)N1CCC(OOC(=O)CCc2cccnc2)CC1. The van der Waals surface area contributed by atoms with Gasteiger partial charge in [0.2, 0.25) is 5.91 Å². The summed E-state index contributed by atoms with van der Waals surface area (Å²) in [4.78, 5) is 53.1. The number of benzene rings is 1. The maximum atomic E-state index is 12.8. The van der Waals surface area contributed by atoms with E-state index in [9.17, 15) is 14.4 Å². The molecule has 8 heteroatoms. The lowest BCUT2D eigenvalue weighted by Crippen LogP contribution is -2.43. The summed E-state index contributed by atoms with van der Waals surface area (Å²) in [5, 5.41) is 8.86. The maximum Gasteiger partial charge on any atom is 0.342 e. The van der Waals surface area contributed by atoms with E-state index < -0.39 is 11.9 Å². The van der Waals surface area contributed by atoms with Crippen molar-refractivity contribution in [3.8, 4) is 6.07 Å². The zero-order valence-corrected chi connectivity index (χ0v) is 18.6. The molecule has 3 rings (SSSR count). The van der Waals surface area contributed by atoms with Crippen molar-refractivity contribution in [2.75, 3.05) is 13.1 Å². The molecular weight excluding hydrogens is 422 g/mol. The van der Waals surface area contributed by atoms with Crippen LogP contribution in [0.25, 0.3) is 0 Å². The van der Waals surface area contributed by atoms with E-state index in [4.69, 9.17) is 15.0 Å². The minimum Gasteiger partial charge on any atom is -0.342 e. The number of likely N-dealkylation sites (tertiary alicyclic amines) is 1. The number of aromatic nitrogens is 1. The lowest BCUT2D eigenvalue weighted by Gasteiger charge is -2.32. The highest BCUT2D eigenvalue weighted by molar-refractivity contribution is 5.98. The minimum atomic E-state index is -0.448. The van der Waals surface area contributed by atoms with Crippen molar-refractivity contribution in [2.24, 2.45) is 5.92 Å². The molecule has 33 heavy (non-hydrogen) atoms. The zero-order chi connectivity index (χ0) is 23.6. The third kappa shape index (κ3) is 7.22. The highest BCUT2D eigenvalue weighted by Gasteiger charge is 2.28. The molecule has 8 nitrogen and oxygen atoms in total. The molecule has 0 bridgehead atoms. The summed E-state index contributed by atoms with van der Waals surface area (Å²) in [6, 6.07) is 12.1. The number of hydrogen-bond acceptors (Lipinski definition) is 7. The number of piperidine rings is 1. The molecule has 1 aliphatic heterocycles. The fraction of sp³-hybridized carbons (Fsp3) is 0.400. The quantitative estimate of drug-likeness (QED) is 0.328. The topological polar surface area (TPSA) is 110 Å². The van der Waals surface area contributed by atoms with Crippen molar-refractivity contribution < 1.29 is 24.2 Å². The van der Waals surface area contributed by atoms with E-state index >= 15 is 0 Å². The van der Waals surface area contributed by atoms with Crippen molar-refractivity contribution in [3.05, 3.63) is 65.5 Å². The number of aryl methyl sites for hydroxylation is 1. The smallest absolute Gasteiger partial charge is 0.342 e. The monoisotopic (exact) mass is 449 g/mol. The number of amides is 1. The van der Waals surface area contributed by atoms with Crippen LogP contribution in [0.2, 0.25) is 0 Å². The molecule has 1 amide bonds. The highest BCUT2D eigenvalue weighted by atomic mass is 17.2. The van der Waals surface area contributed by atoms with Crippen LogP contribution in [0, 0.1) is 17.2 Å². The molecule has 1 aliphatic rings. The highest BCUT2D eigenvalue weighted by Crippen LogP contribution is 2.19. The Kier molecular flexibility index (Phi) is 8.67. The van der Waals surface area contributed by atoms with Gasteiger partial charge in [-0.25, -0.2) is 4.79 Å². The van der Waals surface area contributed by atoms with Crippen LogP contribution in [0.4, 0.5) is 0 Å². The number of nitrogens with zero attached hydrogens (tertiary/aromatic N) is 3. The second-order valence-corrected chi connectivity index (χ2v) is 8.15. The summed E-state index contributed by atoms with van der Waals surface area (Å²) >= 11 is 0. The van der Waals surface area contributed by atoms with Crippen molar-refractivity contribution in [2.45, 2.75) is 45.1 Å². The molecule has 0 saturated carbocycles. The normalized spacial score (nSPS) is 14.8. The molecule has 1 fully saturated rings. The number of carbonyl (C=O) groups is 3. The molecule has 0 N–H and O–H groups in total. The third-order valence-corrected chi connectivity index (χ3v) is 5.62. The van der Waals surface area contributed by atoms with E-state index in [-0.39, 0.29) is 30.6 Å². The first kappa shape index (κ1) is 24.1. The van der Waals surface area contributed by atoms with Gasteiger partial charge >= 0.3 is 5.97 Å². The Balaban J connectivity index is 1.36. The van der Waals surface area contributed by atoms with Gasteiger partial charge in [-0.15, -0.1) is 0 Å². The van der Waals surface area contributed by atoms with E-state index in [1.54, 1.807) is 48.5 Å². The van der Waals surface area contributed by atoms with Gasteiger partial charge in [-0.3, -0.25) is 19.5 Å². The predicted molar refractivity (Wildman–Crippen MR) is 119 cm³/mol. The van der Waals surface area contributed by atoms with Crippen LogP contribution < -0.4 is 0 Å². The first-order chi connectivity index (χ1) is 16.0. The van der Waals surface area contributed by atoms with E-state index in [1.165, 1.54) is 0 Å². The average molecular weight is 450 g/mol. The number of nitriles is 1. The second-order valence-electron chi connectivity index (χ2n) is 8.15. The van der Waals surface area contributed by atoms with E-state index in [0.717, 1.165) is 5.56 Å². The Labute approximate surface area is 193 Å². The molecule has 1 aromatic heterocycles. The average Bonchev–Trinajstić information content (AvgIpc) is 2.86. The minimum absolute atomic E-state index is 0.0797. The molecule has 1 atom stereocenters. The van der Waals surface area contributed by atoms with Crippen LogP contribution in [-0.2, 0) is 25.8 Å². The van der Waals surface area contributed by atoms with Crippen molar-refractivity contribution in [3.63, 3.8) is 0 Å². The van der Waals surface area contributed by atoms with Gasteiger partial charge in [0.25, 0.3) is 0 Å². The summed E-state index contributed by atoms with van der Waals surface area (Å²) in [5.41, 5.74) is 1.93. The summed E-state index contributed by atoms with van der Waals surface area (Å²) in [6.07, 6.45) is 5.07. The number of ketones is 1. The van der Waals surface area contributed by atoms with Crippen molar-refractivity contribution in [1.29, 1.82) is 5.26 Å². The van der Waals surface area contributed by atoms with Gasteiger partial charge in [0.15, 0.2) is 5.78 Å². The van der Waals surface area contributed by atoms with E-state index in [1.807, 2.05) is 18.2 Å². The summed E-state index contributed by atoms with van der Waals surface area (Å²) in [6.45, 7) is 2.70. The Morgan fingerprint density at radius 2 is 1.91 bits per heavy atom. The number of carbonyl (C=O) groups excluding carboxylic acids is 3. The molecule has 2 heterocycles. The first-order valence-corrected chi connectivity index (χ1v) is 11.0. The first-order valence-electron chi connectivity index (χ1n) is 11.0. The number of hydrogen-bond donors (Lipinski definition) is 0. The van der Waals surface area contributed by atoms with Crippen LogP contribution in [0.15, 0.2) is 48.8 Å². The van der Waals surface area contributed by atoms with Gasteiger partial charge in [0.1, 0.15) is 6.10 Å². The van der Waals surface area contributed by atoms with Crippen molar-refractivity contribution >= 4 is 17.7 Å². The lowest BCUT2D eigenvalue weighted by atomic mass is 9.97. The molecule has 1 saturated heterocycles. The second kappa shape index (κ2) is 11.9. The van der Waals surface area contributed by atoms with Crippen LogP contribution >= 0.6 is 0 Å². The summed E-state index contributed by atoms with van der Waals surface area (Å²) < 4.78 is 0. The molecule has 1 unspecified atom stereocenters. The van der Waals surface area contributed by atoms with Gasteiger partial charge in [-0.1, -0.05) is 25.1 Å². The summed E-state index contributed by atoms with van der Waals surface area (Å²) in [7, 11) is 0. The fourth-order valence-electron chi connectivity index (χ4n) is 3.65. The van der Waals surface area contributed by atoms with Gasteiger partial charge in [-0.2, -0.15) is 10.1 Å². The largest absolute Gasteiger partial charge is 0.342 e. The van der Waals surface area contributed by atoms with Crippen LogP contribution in [0.3, 0.4) is 0 Å². The molecule has 172 valence electrons. The Bertz CT molecular complexity index is 993. The summed E-state index contributed by atoms with van der Waals surface area (Å²) in [5.74, 6) is -1.09. The number of pyridine rings is 1. The molecular formula is C25H27N3O5. The Morgan fingerprint density at radius 1 is 1.18 bits per heavy atom. The Morgan fingerprint density at radius 3 is 2.55 bits per heavy atom. The molecule has 1 aromatic carbocycles. The predicted octanol–water partition coefficient (Wildman–Crippen LogP) is 3.26.